The Balaban J connectivity index is 1.51. The summed E-state index contributed by atoms with van der Waals surface area (Å²) in [6, 6.07) is 25.2. The van der Waals surface area contributed by atoms with Gasteiger partial charge in [0.05, 0.1) is 16.7 Å². The molecule has 1 heterocycles. The summed E-state index contributed by atoms with van der Waals surface area (Å²) in [5.74, 6) is -0.00946. The molecule has 0 fully saturated rings. The first-order valence-corrected chi connectivity index (χ1v) is 11.3. The van der Waals surface area contributed by atoms with Crippen molar-refractivity contribution in [2.45, 2.75) is 18.1 Å². The fourth-order valence-electron chi connectivity index (χ4n) is 3.48. The van der Waals surface area contributed by atoms with E-state index in [-0.39, 0.29) is 17.2 Å². The number of hydrogen-bond acceptors (Lipinski definition) is 4. The molecular formula is C26H23N3O2S. The minimum atomic E-state index is -0.150. The molecule has 0 saturated heterocycles. The lowest BCUT2D eigenvalue weighted by Gasteiger charge is -2.13. The molecule has 0 aliphatic carbocycles. The lowest BCUT2D eigenvalue weighted by Crippen LogP contribution is -2.24. The molecular weight excluding hydrogens is 418 g/mol. The number of carbonyl (C=O) groups is 1. The second kappa shape index (κ2) is 10.1. The van der Waals surface area contributed by atoms with Gasteiger partial charge in [0.25, 0.3) is 5.56 Å². The highest BCUT2D eigenvalue weighted by molar-refractivity contribution is 7.99. The molecule has 0 atom stereocenters. The highest BCUT2D eigenvalue weighted by Crippen LogP contribution is 2.21. The molecule has 0 aliphatic rings. The third-order valence-electron chi connectivity index (χ3n) is 5.00. The van der Waals surface area contributed by atoms with E-state index in [9.17, 15) is 9.59 Å². The van der Waals surface area contributed by atoms with Gasteiger partial charge in [0.2, 0.25) is 5.91 Å². The van der Waals surface area contributed by atoms with Crippen LogP contribution in [0.1, 0.15) is 11.1 Å². The molecule has 160 valence electrons. The van der Waals surface area contributed by atoms with Crippen LogP contribution in [0.5, 0.6) is 0 Å². The van der Waals surface area contributed by atoms with Crippen LogP contribution in [0.2, 0.25) is 0 Å². The topological polar surface area (TPSA) is 64.0 Å². The Morgan fingerprint density at radius 1 is 1.00 bits per heavy atom. The zero-order chi connectivity index (χ0) is 22.3. The maximum atomic E-state index is 12.9. The number of nitrogens with zero attached hydrogens (tertiary/aromatic N) is 2. The number of allylic oxidation sites excluding steroid dienone is 1. The number of aromatic nitrogens is 2. The number of benzene rings is 3. The second-order valence-electron chi connectivity index (χ2n) is 7.27. The standard InChI is InChI=1S/C26H23N3O2S/c1-2-16-29-25(31)21-13-7-9-15-23(21)28-26(29)32-18-24(30)27-22-14-8-6-12-20(22)17-19-10-4-3-5-11-19/h2-15H,1,16-18H2,(H,27,30). The van der Waals surface area contributed by atoms with Gasteiger partial charge in [0.1, 0.15) is 0 Å². The van der Waals surface area contributed by atoms with Crippen molar-refractivity contribution in [1.82, 2.24) is 9.55 Å². The normalized spacial score (nSPS) is 10.8. The van der Waals surface area contributed by atoms with Crippen molar-refractivity contribution in [3.63, 3.8) is 0 Å². The molecule has 0 bridgehead atoms. The van der Waals surface area contributed by atoms with Gasteiger partial charge in [-0.15, -0.1) is 6.58 Å². The summed E-state index contributed by atoms with van der Waals surface area (Å²) >= 11 is 1.25. The molecule has 0 radical (unpaired) electrons. The van der Waals surface area contributed by atoms with Crippen LogP contribution in [-0.4, -0.2) is 21.2 Å². The summed E-state index contributed by atoms with van der Waals surface area (Å²) in [5, 5.41) is 4.06. The van der Waals surface area contributed by atoms with Gasteiger partial charge in [-0.1, -0.05) is 78.5 Å². The van der Waals surface area contributed by atoms with Crippen LogP contribution in [0.25, 0.3) is 10.9 Å². The number of amides is 1. The Bertz CT molecular complexity index is 1320. The SMILES string of the molecule is C=CCn1c(SCC(=O)Nc2ccccc2Cc2ccccc2)nc2ccccc2c1=O. The van der Waals surface area contributed by atoms with E-state index in [1.165, 1.54) is 17.3 Å². The van der Waals surface area contributed by atoms with Crippen molar-refractivity contribution < 1.29 is 4.79 Å². The van der Waals surface area contributed by atoms with Crippen molar-refractivity contribution in [2.75, 3.05) is 11.1 Å². The number of rotatable bonds is 8. The summed E-state index contributed by atoms with van der Waals surface area (Å²) in [4.78, 5) is 30.2. The average Bonchev–Trinajstić information content (AvgIpc) is 2.82. The molecule has 0 saturated carbocycles. The van der Waals surface area contributed by atoms with E-state index in [1.54, 1.807) is 22.8 Å². The Hall–Kier alpha value is -3.64. The molecule has 3 aromatic carbocycles. The van der Waals surface area contributed by atoms with E-state index in [4.69, 9.17) is 0 Å². The molecule has 1 aromatic heterocycles. The van der Waals surface area contributed by atoms with Gasteiger partial charge in [-0.2, -0.15) is 0 Å². The third kappa shape index (κ3) is 4.98. The quantitative estimate of drug-likeness (QED) is 0.240. The Kier molecular flexibility index (Phi) is 6.82. The van der Waals surface area contributed by atoms with Gasteiger partial charge in [0.15, 0.2) is 5.16 Å². The molecule has 5 nitrogen and oxygen atoms in total. The number of thioether (sulfide) groups is 1. The predicted molar refractivity (Wildman–Crippen MR) is 131 cm³/mol. The lowest BCUT2D eigenvalue weighted by molar-refractivity contribution is -0.113. The van der Waals surface area contributed by atoms with Crippen molar-refractivity contribution in [3.8, 4) is 0 Å². The van der Waals surface area contributed by atoms with E-state index >= 15 is 0 Å². The average molecular weight is 442 g/mol. The number of carbonyl (C=O) groups excluding carboxylic acids is 1. The van der Waals surface area contributed by atoms with Gasteiger partial charge < -0.3 is 5.32 Å². The summed E-state index contributed by atoms with van der Waals surface area (Å²) in [6.45, 7) is 4.07. The number of fused-ring (bicyclic) bond motifs is 1. The second-order valence-corrected chi connectivity index (χ2v) is 8.21. The molecule has 32 heavy (non-hydrogen) atoms. The monoisotopic (exact) mass is 441 g/mol. The first kappa shape index (κ1) is 21.6. The van der Waals surface area contributed by atoms with Crippen molar-refractivity contribution in [2.24, 2.45) is 0 Å². The summed E-state index contributed by atoms with van der Waals surface area (Å²) in [5.41, 5.74) is 3.50. The summed E-state index contributed by atoms with van der Waals surface area (Å²) < 4.78 is 1.55. The highest BCUT2D eigenvalue weighted by Gasteiger charge is 2.13. The van der Waals surface area contributed by atoms with Gasteiger partial charge in [-0.3, -0.25) is 14.2 Å². The Labute approximate surface area is 190 Å². The van der Waals surface area contributed by atoms with Crippen molar-refractivity contribution in [3.05, 3.63) is 113 Å². The minimum absolute atomic E-state index is 0.133. The van der Waals surface area contributed by atoms with Crippen LogP contribution in [-0.2, 0) is 17.8 Å². The first-order chi connectivity index (χ1) is 15.7. The molecule has 4 rings (SSSR count). The zero-order valence-electron chi connectivity index (χ0n) is 17.5. The zero-order valence-corrected chi connectivity index (χ0v) is 18.3. The van der Waals surface area contributed by atoms with Crippen LogP contribution in [0.4, 0.5) is 5.69 Å². The van der Waals surface area contributed by atoms with Gasteiger partial charge >= 0.3 is 0 Å². The van der Waals surface area contributed by atoms with E-state index in [1.807, 2.05) is 54.6 Å². The number of para-hydroxylation sites is 2. The van der Waals surface area contributed by atoms with Crippen molar-refractivity contribution >= 4 is 34.3 Å². The number of anilines is 1. The Morgan fingerprint density at radius 3 is 2.53 bits per heavy atom. The van der Waals surface area contributed by atoms with Gasteiger partial charge in [-0.25, -0.2) is 4.98 Å². The number of hydrogen-bond donors (Lipinski definition) is 1. The summed E-state index contributed by atoms with van der Waals surface area (Å²) in [7, 11) is 0. The lowest BCUT2D eigenvalue weighted by atomic mass is 10.0. The first-order valence-electron chi connectivity index (χ1n) is 10.3. The largest absolute Gasteiger partial charge is 0.325 e. The molecule has 6 heteroatoms. The maximum absolute atomic E-state index is 12.9. The van der Waals surface area contributed by atoms with E-state index in [0.29, 0.717) is 22.6 Å². The van der Waals surface area contributed by atoms with Crippen molar-refractivity contribution in [1.29, 1.82) is 0 Å². The molecule has 0 unspecified atom stereocenters. The minimum Gasteiger partial charge on any atom is -0.325 e. The Morgan fingerprint density at radius 2 is 1.72 bits per heavy atom. The fourth-order valence-corrected chi connectivity index (χ4v) is 4.29. The maximum Gasteiger partial charge on any atom is 0.262 e. The molecule has 0 spiro atoms. The van der Waals surface area contributed by atoms with E-state index < -0.39 is 0 Å². The smallest absolute Gasteiger partial charge is 0.262 e. The molecule has 1 N–H and O–H groups in total. The van der Waals surface area contributed by atoms with Crippen LogP contribution in [0.3, 0.4) is 0 Å². The van der Waals surface area contributed by atoms with Crippen LogP contribution >= 0.6 is 11.8 Å². The predicted octanol–water partition coefficient (Wildman–Crippen LogP) is 4.90. The molecule has 0 aliphatic heterocycles. The van der Waals surface area contributed by atoms with Gasteiger partial charge in [-0.05, 0) is 35.7 Å². The van der Waals surface area contributed by atoms with Crippen LogP contribution in [0.15, 0.2) is 101 Å². The molecule has 1 amide bonds. The highest BCUT2D eigenvalue weighted by atomic mass is 32.2. The van der Waals surface area contributed by atoms with E-state index in [0.717, 1.165) is 17.7 Å². The van der Waals surface area contributed by atoms with E-state index in [2.05, 4.69) is 29.0 Å². The number of nitrogens with one attached hydrogen (secondary N) is 1. The third-order valence-corrected chi connectivity index (χ3v) is 5.98. The summed E-state index contributed by atoms with van der Waals surface area (Å²) in [6.07, 6.45) is 2.39. The van der Waals surface area contributed by atoms with Crippen LogP contribution < -0.4 is 10.9 Å². The molecule has 4 aromatic rings. The van der Waals surface area contributed by atoms with Gasteiger partial charge in [0, 0.05) is 12.2 Å². The fraction of sp³-hybridized carbons (Fsp3) is 0.115. The van der Waals surface area contributed by atoms with Crippen LogP contribution in [0, 0.1) is 0 Å².